The van der Waals surface area contributed by atoms with Crippen LogP contribution in [0.4, 0.5) is 5.13 Å². The molecule has 1 atom stereocenters. The lowest BCUT2D eigenvalue weighted by Crippen LogP contribution is -2.29. The number of fused-ring (bicyclic) bond motifs is 2. The topological polar surface area (TPSA) is 89.0 Å². The highest BCUT2D eigenvalue weighted by molar-refractivity contribution is 9.10. The number of hydrogen-bond donors (Lipinski definition) is 1. The van der Waals surface area contributed by atoms with Gasteiger partial charge in [-0.3, -0.25) is 14.5 Å². The fraction of sp³-hybridized carbons (Fsp3) is 0.115. The lowest BCUT2D eigenvalue weighted by atomic mass is 9.95. The van der Waals surface area contributed by atoms with E-state index in [0.717, 1.165) is 9.17 Å². The Hall–Kier alpha value is -3.40. The van der Waals surface area contributed by atoms with E-state index in [2.05, 4.69) is 20.9 Å². The average molecular weight is 584 g/mol. The first-order chi connectivity index (χ1) is 17.4. The zero-order valence-electron chi connectivity index (χ0n) is 18.4. The van der Waals surface area contributed by atoms with E-state index >= 15 is 0 Å². The number of ether oxygens (including phenoxy) is 2. The van der Waals surface area contributed by atoms with Crippen LogP contribution in [-0.2, 0) is 9.59 Å². The van der Waals surface area contributed by atoms with Gasteiger partial charge in [0.05, 0.1) is 21.8 Å². The second kappa shape index (κ2) is 8.92. The number of aromatic nitrogens is 1. The molecule has 0 aliphatic carbocycles. The summed E-state index contributed by atoms with van der Waals surface area (Å²) in [4.78, 5) is 32.7. The van der Waals surface area contributed by atoms with Gasteiger partial charge in [0, 0.05) is 15.1 Å². The number of aliphatic hydroxyl groups excluding tert-OH is 1. The molecule has 0 radical (unpaired) electrons. The van der Waals surface area contributed by atoms with Crippen molar-refractivity contribution in [3.8, 4) is 11.5 Å². The zero-order chi connectivity index (χ0) is 25.0. The predicted octanol–water partition coefficient (Wildman–Crippen LogP) is 6.11. The number of ketones is 1. The lowest BCUT2D eigenvalue weighted by molar-refractivity contribution is -0.132. The van der Waals surface area contributed by atoms with Crippen molar-refractivity contribution < 1.29 is 24.2 Å². The maximum Gasteiger partial charge on any atom is 0.301 e. The molecule has 6 rings (SSSR count). The van der Waals surface area contributed by atoms with Crippen LogP contribution in [-0.4, -0.2) is 35.0 Å². The van der Waals surface area contributed by atoms with Crippen LogP contribution in [0.15, 0.2) is 70.7 Å². The lowest BCUT2D eigenvalue weighted by Gasteiger charge is -2.23. The van der Waals surface area contributed by atoms with E-state index in [1.807, 2.05) is 12.1 Å². The minimum absolute atomic E-state index is 0.0312. The normalized spacial score (nSPS) is 18.7. The van der Waals surface area contributed by atoms with Crippen molar-refractivity contribution in [3.05, 3.63) is 86.9 Å². The molecular formula is C26H16BrClN2O5S. The number of hydrogen-bond acceptors (Lipinski definition) is 7. The minimum Gasteiger partial charge on any atom is -0.507 e. The molecule has 1 amide bonds. The Morgan fingerprint density at radius 1 is 1.03 bits per heavy atom. The summed E-state index contributed by atoms with van der Waals surface area (Å²) in [5.74, 6) is -0.858. The third-order valence-electron chi connectivity index (χ3n) is 5.99. The smallest absolute Gasteiger partial charge is 0.301 e. The maximum atomic E-state index is 13.4. The van der Waals surface area contributed by atoms with E-state index in [9.17, 15) is 14.7 Å². The van der Waals surface area contributed by atoms with E-state index in [4.69, 9.17) is 21.1 Å². The molecule has 1 saturated heterocycles. The van der Waals surface area contributed by atoms with Crippen LogP contribution in [0.3, 0.4) is 0 Å². The molecular weight excluding hydrogens is 568 g/mol. The number of benzene rings is 3. The number of amides is 1. The summed E-state index contributed by atoms with van der Waals surface area (Å²) >= 11 is 10.8. The summed E-state index contributed by atoms with van der Waals surface area (Å²) in [6, 6.07) is 16.5. The number of Topliss-reactive ketones (excluding diaryl/α,β-unsaturated/α-hetero) is 1. The fourth-order valence-corrected chi connectivity index (χ4v) is 5.86. The third kappa shape index (κ3) is 3.84. The zero-order valence-corrected chi connectivity index (χ0v) is 21.6. The molecule has 3 aromatic carbocycles. The highest BCUT2D eigenvalue weighted by Crippen LogP contribution is 2.45. The Morgan fingerprint density at radius 2 is 1.78 bits per heavy atom. The number of halogens is 2. The molecule has 0 spiro atoms. The van der Waals surface area contributed by atoms with Crippen LogP contribution in [0.1, 0.15) is 17.2 Å². The van der Waals surface area contributed by atoms with Gasteiger partial charge in [0.25, 0.3) is 5.78 Å². The van der Waals surface area contributed by atoms with Crippen LogP contribution in [0.25, 0.3) is 16.0 Å². The van der Waals surface area contributed by atoms with Crippen molar-refractivity contribution >= 4 is 71.7 Å². The Balaban J connectivity index is 1.54. The van der Waals surface area contributed by atoms with Crippen LogP contribution in [0.2, 0.25) is 5.02 Å². The van der Waals surface area contributed by atoms with Crippen LogP contribution in [0.5, 0.6) is 11.5 Å². The van der Waals surface area contributed by atoms with E-state index in [1.165, 1.54) is 16.2 Å². The predicted molar refractivity (Wildman–Crippen MR) is 141 cm³/mol. The molecule has 3 heterocycles. The maximum absolute atomic E-state index is 13.4. The number of thiazole rings is 1. The molecule has 1 aromatic heterocycles. The summed E-state index contributed by atoms with van der Waals surface area (Å²) in [6.45, 7) is 0.808. The number of carbonyl (C=O) groups is 2. The minimum atomic E-state index is -0.887. The SMILES string of the molecule is O=C1C(=O)N(c2nc3ccc(Cl)cc3s2)[C@@H](c2ccc(Br)cc2)/C1=C(\O)c1ccc2c(c1)OCCO2. The Bertz CT molecular complexity index is 1580. The molecule has 180 valence electrons. The Morgan fingerprint density at radius 3 is 2.56 bits per heavy atom. The molecule has 36 heavy (non-hydrogen) atoms. The first kappa shape index (κ1) is 23.0. The molecule has 4 aromatic rings. The van der Waals surface area contributed by atoms with Gasteiger partial charge in [-0.15, -0.1) is 0 Å². The number of anilines is 1. The highest BCUT2D eigenvalue weighted by atomic mass is 79.9. The number of nitrogens with zero attached hydrogens (tertiary/aromatic N) is 2. The van der Waals surface area contributed by atoms with Crippen LogP contribution >= 0.6 is 38.9 Å². The van der Waals surface area contributed by atoms with Crippen molar-refractivity contribution in [2.45, 2.75) is 6.04 Å². The molecule has 1 fully saturated rings. The number of aliphatic hydroxyl groups is 1. The number of carbonyl (C=O) groups excluding carboxylic acids is 2. The fourth-order valence-electron chi connectivity index (χ4n) is 4.33. The molecule has 0 saturated carbocycles. The summed E-state index contributed by atoms with van der Waals surface area (Å²) in [6.07, 6.45) is 0. The van der Waals surface area contributed by atoms with Gasteiger partial charge >= 0.3 is 5.91 Å². The molecule has 1 N–H and O–H groups in total. The van der Waals surface area contributed by atoms with E-state index in [0.29, 0.717) is 51.5 Å². The van der Waals surface area contributed by atoms with Gasteiger partial charge in [-0.05, 0) is 54.1 Å². The Labute approximate surface area is 222 Å². The quantitative estimate of drug-likeness (QED) is 0.178. The summed E-state index contributed by atoms with van der Waals surface area (Å²) in [5.41, 5.74) is 1.61. The number of rotatable bonds is 3. The van der Waals surface area contributed by atoms with Gasteiger partial charge in [0.1, 0.15) is 19.0 Å². The molecule has 0 unspecified atom stereocenters. The standard InChI is InChI=1S/C26H16BrClN2O5S/c27-15-4-1-13(2-5-15)22-21(23(31)14-3-8-18-19(11-14)35-10-9-34-18)24(32)25(33)30(22)26-29-17-7-6-16(28)12-20(17)36-26/h1-8,11-12,22,31H,9-10H2/b23-21+/t22-/m0/s1. The second-order valence-electron chi connectivity index (χ2n) is 8.19. The van der Waals surface area contributed by atoms with Crippen molar-refractivity contribution in [1.82, 2.24) is 4.98 Å². The van der Waals surface area contributed by atoms with Crippen molar-refractivity contribution in [3.63, 3.8) is 0 Å². The van der Waals surface area contributed by atoms with Gasteiger partial charge in [-0.1, -0.05) is 51.0 Å². The van der Waals surface area contributed by atoms with Crippen molar-refractivity contribution in [1.29, 1.82) is 0 Å². The second-order valence-corrected chi connectivity index (χ2v) is 10.5. The van der Waals surface area contributed by atoms with E-state index < -0.39 is 17.7 Å². The van der Waals surface area contributed by atoms with Crippen LogP contribution in [0, 0.1) is 0 Å². The molecule has 7 nitrogen and oxygen atoms in total. The molecule has 10 heteroatoms. The van der Waals surface area contributed by atoms with Crippen molar-refractivity contribution in [2.24, 2.45) is 0 Å². The van der Waals surface area contributed by atoms with Gasteiger partial charge in [-0.25, -0.2) is 4.98 Å². The monoisotopic (exact) mass is 582 g/mol. The van der Waals surface area contributed by atoms with E-state index in [1.54, 1.807) is 48.5 Å². The highest BCUT2D eigenvalue weighted by Gasteiger charge is 2.48. The third-order valence-corrected chi connectivity index (χ3v) is 7.77. The van der Waals surface area contributed by atoms with Gasteiger partial charge < -0.3 is 14.6 Å². The van der Waals surface area contributed by atoms with Crippen LogP contribution < -0.4 is 14.4 Å². The van der Waals surface area contributed by atoms with Gasteiger partial charge in [0.15, 0.2) is 16.6 Å². The molecule has 2 aliphatic rings. The first-order valence-electron chi connectivity index (χ1n) is 10.9. The summed E-state index contributed by atoms with van der Waals surface area (Å²) < 4.78 is 12.8. The Kier molecular flexibility index (Phi) is 5.70. The summed E-state index contributed by atoms with van der Waals surface area (Å²) in [5, 5.41) is 12.3. The van der Waals surface area contributed by atoms with E-state index in [-0.39, 0.29) is 11.3 Å². The first-order valence-corrected chi connectivity index (χ1v) is 12.9. The molecule has 0 bridgehead atoms. The van der Waals surface area contributed by atoms with Crippen molar-refractivity contribution in [2.75, 3.05) is 18.1 Å². The largest absolute Gasteiger partial charge is 0.507 e. The summed E-state index contributed by atoms with van der Waals surface area (Å²) in [7, 11) is 0. The average Bonchev–Trinajstić information content (AvgIpc) is 3.41. The van der Waals surface area contributed by atoms with Gasteiger partial charge in [-0.2, -0.15) is 0 Å². The molecule has 2 aliphatic heterocycles. The van der Waals surface area contributed by atoms with Gasteiger partial charge in [0.2, 0.25) is 0 Å².